The van der Waals surface area contributed by atoms with Crippen LogP contribution in [0.4, 0.5) is 13.2 Å². The monoisotopic (exact) mass is 227 g/mol. The van der Waals surface area contributed by atoms with Gasteiger partial charge >= 0.3 is 6.18 Å². The van der Waals surface area contributed by atoms with Crippen molar-refractivity contribution >= 4 is 5.97 Å². The van der Waals surface area contributed by atoms with Gasteiger partial charge in [0.25, 0.3) is 0 Å². The van der Waals surface area contributed by atoms with E-state index in [9.17, 15) is 13.2 Å². The highest BCUT2D eigenvalue weighted by Gasteiger charge is 2.28. The molecule has 0 bridgehead atoms. The molecule has 1 rings (SSSR count). The van der Waals surface area contributed by atoms with Gasteiger partial charge in [-0.25, -0.2) is 0 Å². The topological polar surface area (TPSA) is 40.1 Å². The Labute approximate surface area is 87.1 Å². The summed E-state index contributed by atoms with van der Waals surface area (Å²) in [6, 6.07) is 0. The summed E-state index contributed by atoms with van der Waals surface area (Å²) in [7, 11) is 4.64. The smallest absolute Gasteiger partial charge is 0.430 e. The maximum absolute atomic E-state index is 10.5. The number of likely N-dealkylation sites (tertiary alicyclic amines) is 1. The predicted octanol–water partition coefficient (Wildman–Crippen LogP) is 0.545. The molecule has 1 aliphatic heterocycles. The number of aliphatic carboxylic acids is 1. The number of carbonyl (C=O) groups is 1. The Balaban J connectivity index is 0.000000265. The SMILES string of the molecule is C[N+]1(C)CCCCC1.O=C([O-])C(F)(F)F. The lowest BCUT2D eigenvalue weighted by Gasteiger charge is -2.33. The lowest BCUT2D eigenvalue weighted by atomic mass is 10.1. The van der Waals surface area contributed by atoms with Crippen LogP contribution in [0.1, 0.15) is 19.3 Å². The maximum Gasteiger partial charge on any atom is 0.430 e. The van der Waals surface area contributed by atoms with Crippen LogP contribution in [-0.4, -0.2) is 43.8 Å². The summed E-state index contributed by atoms with van der Waals surface area (Å²) in [6.45, 7) is 2.78. The summed E-state index contributed by atoms with van der Waals surface area (Å²) in [4.78, 5) is 8.78. The molecule has 3 nitrogen and oxygen atoms in total. The fraction of sp³-hybridized carbons (Fsp3) is 0.889. The number of hydrogen-bond donors (Lipinski definition) is 0. The van der Waals surface area contributed by atoms with Gasteiger partial charge in [-0.05, 0) is 19.3 Å². The van der Waals surface area contributed by atoms with Gasteiger partial charge < -0.3 is 14.4 Å². The molecule has 0 radical (unpaired) electrons. The second-order valence-electron chi connectivity index (χ2n) is 4.23. The van der Waals surface area contributed by atoms with Gasteiger partial charge in [0, 0.05) is 0 Å². The van der Waals surface area contributed by atoms with E-state index in [1.54, 1.807) is 0 Å². The van der Waals surface area contributed by atoms with Gasteiger partial charge in [-0.2, -0.15) is 13.2 Å². The van der Waals surface area contributed by atoms with Gasteiger partial charge in [-0.1, -0.05) is 0 Å². The third-order valence-corrected chi connectivity index (χ3v) is 2.26. The summed E-state index contributed by atoms with van der Waals surface area (Å²) in [5, 5.41) is 8.78. The van der Waals surface area contributed by atoms with Crippen LogP contribution in [0.2, 0.25) is 0 Å². The first-order valence-corrected chi connectivity index (χ1v) is 4.75. The minimum absolute atomic E-state index is 1.25. The normalized spacial score (nSPS) is 20.1. The predicted molar refractivity (Wildman–Crippen MR) is 46.8 cm³/mol. The molecule has 0 spiro atoms. The van der Waals surface area contributed by atoms with E-state index in [-0.39, 0.29) is 0 Å². The Kier molecular flexibility index (Phi) is 5.07. The minimum atomic E-state index is -5.19. The Morgan fingerprint density at radius 1 is 1.13 bits per heavy atom. The molecule has 0 unspecified atom stereocenters. The third kappa shape index (κ3) is 7.18. The number of halogens is 3. The first kappa shape index (κ1) is 14.2. The average molecular weight is 227 g/mol. The molecule has 1 fully saturated rings. The number of piperidine rings is 1. The molecule has 1 saturated heterocycles. The van der Waals surface area contributed by atoms with E-state index < -0.39 is 12.1 Å². The van der Waals surface area contributed by atoms with Gasteiger partial charge in [0.1, 0.15) is 5.97 Å². The van der Waals surface area contributed by atoms with Crippen LogP contribution in [-0.2, 0) is 4.79 Å². The van der Waals surface area contributed by atoms with Gasteiger partial charge in [0.05, 0.1) is 27.2 Å². The summed E-state index contributed by atoms with van der Waals surface area (Å²) >= 11 is 0. The number of hydrogen-bond acceptors (Lipinski definition) is 2. The van der Waals surface area contributed by atoms with Crippen molar-refractivity contribution in [2.24, 2.45) is 0 Å². The lowest BCUT2D eigenvalue weighted by Crippen LogP contribution is -2.43. The quantitative estimate of drug-likeness (QED) is 0.567. The Morgan fingerprint density at radius 2 is 1.47 bits per heavy atom. The Morgan fingerprint density at radius 3 is 1.60 bits per heavy atom. The fourth-order valence-corrected chi connectivity index (χ4v) is 1.37. The molecule has 0 aromatic rings. The number of quaternary nitrogens is 1. The van der Waals surface area contributed by atoms with Gasteiger partial charge in [-0.3, -0.25) is 0 Å². The van der Waals surface area contributed by atoms with E-state index in [0.717, 1.165) is 0 Å². The van der Waals surface area contributed by atoms with E-state index in [4.69, 9.17) is 9.90 Å². The van der Waals surface area contributed by atoms with Crippen molar-refractivity contribution in [3.63, 3.8) is 0 Å². The van der Waals surface area contributed by atoms with Gasteiger partial charge in [0.2, 0.25) is 0 Å². The lowest BCUT2D eigenvalue weighted by molar-refractivity contribution is -0.894. The van der Waals surface area contributed by atoms with Crippen molar-refractivity contribution in [1.29, 1.82) is 0 Å². The number of rotatable bonds is 0. The highest BCUT2D eigenvalue weighted by Crippen LogP contribution is 2.12. The zero-order valence-corrected chi connectivity index (χ0v) is 8.93. The molecule has 0 saturated carbocycles. The zero-order valence-electron chi connectivity index (χ0n) is 8.93. The third-order valence-electron chi connectivity index (χ3n) is 2.26. The maximum atomic E-state index is 10.5. The summed E-state index contributed by atoms with van der Waals surface area (Å²) in [5.74, 6) is -3.01. The molecule has 6 heteroatoms. The largest absolute Gasteiger partial charge is 0.542 e. The molecule has 0 aromatic carbocycles. The highest BCUT2D eigenvalue weighted by molar-refractivity contribution is 5.70. The van der Waals surface area contributed by atoms with Crippen molar-refractivity contribution in [3.8, 4) is 0 Å². The molecule has 0 atom stereocenters. The van der Waals surface area contributed by atoms with E-state index in [0.29, 0.717) is 0 Å². The van der Waals surface area contributed by atoms with Crippen molar-refractivity contribution in [2.45, 2.75) is 25.4 Å². The molecular formula is C9H16F3NO2. The Bertz CT molecular complexity index is 206. The van der Waals surface area contributed by atoms with Crippen molar-refractivity contribution < 1.29 is 27.6 Å². The standard InChI is InChI=1S/C7H16N.C2HF3O2/c1-8(2)6-4-3-5-7-8;3-2(4,5)1(6)7/h3-7H2,1-2H3;(H,6,7)/q+1;/p-1. The number of carboxylic acid groups (broad SMARTS) is 1. The van der Waals surface area contributed by atoms with Crippen molar-refractivity contribution in [3.05, 3.63) is 0 Å². The molecule has 1 heterocycles. The molecular weight excluding hydrogens is 211 g/mol. The minimum Gasteiger partial charge on any atom is -0.542 e. The second-order valence-corrected chi connectivity index (χ2v) is 4.23. The molecule has 0 amide bonds. The van der Waals surface area contributed by atoms with Crippen LogP contribution < -0.4 is 5.11 Å². The van der Waals surface area contributed by atoms with Crippen LogP contribution in [0, 0.1) is 0 Å². The molecule has 0 N–H and O–H groups in total. The second kappa shape index (κ2) is 5.34. The van der Waals surface area contributed by atoms with Crippen LogP contribution in [0.15, 0.2) is 0 Å². The van der Waals surface area contributed by atoms with E-state index in [1.165, 1.54) is 36.8 Å². The summed E-state index contributed by atoms with van der Waals surface area (Å²) in [6.07, 6.45) is -0.859. The first-order chi connectivity index (χ1) is 6.65. The van der Waals surface area contributed by atoms with Crippen molar-refractivity contribution in [2.75, 3.05) is 27.2 Å². The summed E-state index contributed by atoms with van der Waals surface area (Å²) in [5.41, 5.74) is 0. The fourth-order valence-electron chi connectivity index (χ4n) is 1.37. The Hall–Kier alpha value is -0.780. The molecule has 90 valence electrons. The van der Waals surface area contributed by atoms with Gasteiger partial charge in [-0.15, -0.1) is 0 Å². The average Bonchev–Trinajstić information content (AvgIpc) is 2.02. The molecule has 1 aliphatic rings. The number of carboxylic acids is 1. The number of alkyl halides is 3. The number of nitrogens with zero attached hydrogens (tertiary/aromatic N) is 1. The van der Waals surface area contributed by atoms with E-state index >= 15 is 0 Å². The summed E-state index contributed by atoms with van der Waals surface area (Å²) < 4.78 is 32.8. The highest BCUT2D eigenvalue weighted by atomic mass is 19.4. The first-order valence-electron chi connectivity index (χ1n) is 4.75. The van der Waals surface area contributed by atoms with E-state index in [1.807, 2.05) is 0 Å². The molecule has 15 heavy (non-hydrogen) atoms. The van der Waals surface area contributed by atoms with E-state index in [2.05, 4.69) is 14.1 Å². The van der Waals surface area contributed by atoms with Gasteiger partial charge in [0.15, 0.2) is 0 Å². The van der Waals surface area contributed by atoms with Crippen molar-refractivity contribution in [1.82, 2.24) is 0 Å². The zero-order chi connectivity index (χ0) is 12.1. The van der Waals surface area contributed by atoms with Crippen LogP contribution in [0.3, 0.4) is 0 Å². The number of carbonyl (C=O) groups excluding carboxylic acids is 1. The van der Waals surface area contributed by atoms with Crippen LogP contribution in [0.25, 0.3) is 0 Å². The molecule has 0 aromatic heterocycles. The van der Waals surface area contributed by atoms with Crippen LogP contribution in [0.5, 0.6) is 0 Å². The van der Waals surface area contributed by atoms with Crippen LogP contribution >= 0.6 is 0 Å². The molecule has 0 aliphatic carbocycles.